The average molecular weight is 367 g/mol. The Morgan fingerprint density at radius 2 is 1.96 bits per heavy atom. The summed E-state index contributed by atoms with van der Waals surface area (Å²) in [4.78, 5) is 19.3. The quantitative estimate of drug-likeness (QED) is 0.665. The van der Waals surface area contributed by atoms with Crippen LogP contribution in [0.5, 0.6) is 0 Å². The van der Waals surface area contributed by atoms with Crippen LogP contribution >= 0.6 is 23.1 Å². The molecule has 4 rings (SSSR count). The number of aromatic nitrogens is 1. The molecule has 0 aliphatic heterocycles. The van der Waals surface area contributed by atoms with Gasteiger partial charge in [-0.2, -0.15) is 0 Å². The van der Waals surface area contributed by atoms with Crippen LogP contribution in [-0.2, 0) is 17.6 Å². The molecule has 0 bridgehead atoms. The highest BCUT2D eigenvalue weighted by Crippen LogP contribution is 2.38. The molecule has 0 spiro atoms. The number of anilines is 1. The molecule has 0 saturated heterocycles. The minimum atomic E-state index is -0.00930. The summed E-state index contributed by atoms with van der Waals surface area (Å²) >= 11 is 3.14. The van der Waals surface area contributed by atoms with Gasteiger partial charge in [0.05, 0.1) is 11.4 Å². The van der Waals surface area contributed by atoms with E-state index in [1.54, 1.807) is 23.1 Å². The Morgan fingerprint density at radius 1 is 1.16 bits per heavy atom. The number of thioether (sulfide) groups is 1. The number of hydrogen-bond acceptors (Lipinski definition) is 4. The third kappa shape index (κ3) is 3.62. The van der Waals surface area contributed by atoms with Gasteiger partial charge in [-0.05, 0) is 37.5 Å². The molecule has 1 aliphatic carbocycles. The molecule has 3 nitrogen and oxygen atoms in total. The second-order valence-electron chi connectivity index (χ2n) is 6.10. The van der Waals surface area contributed by atoms with Crippen LogP contribution in [0.1, 0.15) is 16.0 Å². The van der Waals surface area contributed by atoms with Gasteiger partial charge in [0.15, 0.2) is 5.13 Å². The number of aryl methyl sites for hydroxylation is 3. The first-order chi connectivity index (χ1) is 12.2. The zero-order valence-electron chi connectivity index (χ0n) is 13.9. The van der Waals surface area contributed by atoms with Crippen molar-refractivity contribution in [2.24, 2.45) is 0 Å². The zero-order chi connectivity index (χ0) is 17.2. The number of carbonyl (C=O) groups is 1. The molecular weight excluding hydrogens is 348 g/mol. The SMILES string of the molecule is Cc1ccc(SCC(=O)Nc2nc3c(s2)CCc2ccccc2-3)cc1. The van der Waals surface area contributed by atoms with E-state index in [-0.39, 0.29) is 5.91 Å². The lowest BCUT2D eigenvalue weighted by molar-refractivity contribution is -0.113. The smallest absolute Gasteiger partial charge is 0.236 e. The van der Waals surface area contributed by atoms with E-state index in [2.05, 4.69) is 47.6 Å². The molecule has 0 saturated carbocycles. The van der Waals surface area contributed by atoms with E-state index >= 15 is 0 Å². The largest absolute Gasteiger partial charge is 0.301 e. The van der Waals surface area contributed by atoms with Crippen molar-refractivity contribution < 1.29 is 4.79 Å². The topological polar surface area (TPSA) is 42.0 Å². The lowest BCUT2D eigenvalue weighted by Crippen LogP contribution is -2.13. The second-order valence-corrected chi connectivity index (χ2v) is 8.23. The minimum absolute atomic E-state index is 0.00930. The van der Waals surface area contributed by atoms with Crippen LogP contribution in [0.3, 0.4) is 0 Å². The van der Waals surface area contributed by atoms with Crippen molar-refractivity contribution in [3.63, 3.8) is 0 Å². The van der Waals surface area contributed by atoms with Crippen molar-refractivity contribution in [2.45, 2.75) is 24.7 Å². The molecule has 1 N–H and O–H groups in total. The van der Waals surface area contributed by atoms with Gasteiger partial charge < -0.3 is 5.32 Å². The number of fused-ring (bicyclic) bond motifs is 3. The van der Waals surface area contributed by atoms with Gasteiger partial charge in [0.2, 0.25) is 5.91 Å². The Morgan fingerprint density at radius 3 is 2.80 bits per heavy atom. The van der Waals surface area contributed by atoms with Crippen molar-refractivity contribution in [3.8, 4) is 11.3 Å². The molecule has 2 aromatic carbocycles. The molecule has 0 unspecified atom stereocenters. The van der Waals surface area contributed by atoms with E-state index in [1.165, 1.54) is 21.6 Å². The number of carbonyl (C=O) groups excluding carboxylic acids is 1. The Bertz CT molecular complexity index is 916. The van der Waals surface area contributed by atoms with Crippen LogP contribution in [0, 0.1) is 6.92 Å². The molecule has 1 heterocycles. The molecule has 126 valence electrons. The number of nitrogens with zero attached hydrogens (tertiary/aromatic N) is 1. The summed E-state index contributed by atoms with van der Waals surface area (Å²) in [6, 6.07) is 16.6. The molecule has 0 atom stereocenters. The van der Waals surface area contributed by atoms with Gasteiger partial charge >= 0.3 is 0 Å². The fraction of sp³-hybridized carbons (Fsp3) is 0.200. The summed E-state index contributed by atoms with van der Waals surface area (Å²) in [6.07, 6.45) is 2.04. The molecule has 1 aromatic heterocycles. The summed E-state index contributed by atoms with van der Waals surface area (Å²) in [5, 5.41) is 3.66. The lowest BCUT2D eigenvalue weighted by atomic mass is 9.94. The van der Waals surface area contributed by atoms with Gasteiger partial charge in [0, 0.05) is 15.3 Å². The second kappa shape index (κ2) is 7.02. The molecule has 3 aromatic rings. The molecule has 0 radical (unpaired) electrons. The number of amides is 1. The number of thiazole rings is 1. The number of nitrogens with one attached hydrogen (secondary N) is 1. The summed E-state index contributed by atoms with van der Waals surface area (Å²) in [5.41, 5.74) is 4.80. The maximum Gasteiger partial charge on any atom is 0.236 e. The van der Waals surface area contributed by atoms with Crippen LogP contribution in [0.4, 0.5) is 5.13 Å². The van der Waals surface area contributed by atoms with Gasteiger partial charge in [-0.25, -0.2) is 4.98 Å². The highest BCUT2D eigenvalue weighted by atomic mass is 32.2. The third-order valence-electron chi connectivity index (χ3n) is 4.23. The average Bonchev–Trinajstić information content (AvgIpc) is 3.04. The normalized spacial score (nSPS) is 12.4. The van der Waals surface area contributed by atoms with Crippen LogP contribution in [0.15, 0.2) is 53.4 Å². The lowest BCUT2D eigenvalue weighted by Gasteiger charge is -2.13. The van der Waals surface area contributed by atoms with Crippen molar-refractivity contribution >= 4 is 34.1 Å². The Kier molecular flexibility index (Phi) is 4.59. The van der Waals surface area contributed by atoms with E-state index in [0.29, 0.717) is 10.9 Å². The number of benzene rings is 2. The first-order valence-electron chi connectivity index (χ1n) is 8.26. The first-order valence-corrected chi connectivity index (χ1v) is 10.1. The Balaban J connectivity index is 1.43. The van der Waals surface area contributed by atoms with Crippen LogP contribution in [0.2, 0.25) is 0 Å². The fourth-order valence-electron chi connectivity index (χ4n) is 2.94. The van der Waals surface area contributed by atoms with Crippen molar-refractivity contribution in [1.29, 1.82) is 0 Å². The fourth-order valence-corrected chi connectivity index (χ4v) is 4.63. The summed E-state index contributed by atoms with van der Waals surface area (Å²) < 4.78 is 0. The number of hydrogen-bond donors (Lipinski definition) is 1. The van der Waals surface area contributed by atoms with Crippen molar-refractivity contribution in [2.75, 3.05) is 11.1 Å². The van der Waals surface area contributed by atoms with Gasteiger partial charge in [-0.1, -0.05) is 42.0 Å². The monoisotopic (exact) mass is 366 g/mol. The zero-order valence-corrected chi connectivity index (χ0v) is 15.5. The van der Waals surface area contributed by atoms with E-state index in [0.717, 1.165) is 23.4 Å². The van der Waals surface area contributed by atoms with Crippen LogP contribution < -0.4 is 5.32 Å². The summed E-state index contributed by atoms with van der Waals surface area (Å²) in [5.74, 6) is 0.383. The highest BCUT2D eigenvalue weighted by Gasteiger charge is 2.21. The van der Waals surface area contributed by atoms with Crippen LogP contribution in [-0.4, -0.2) is 16.6 Å². The molecule has 5 heteroatoms. The number of rotatable bonds is 4. The predicted molar refractivity (Wildman–Crippen MR) is 105 cm³/mol. The molecular formula is C20H18N2OS2. The van der Waals surface area contributed by atoms with E-state index in [9.17, 15) is 4.79 Å². The maximum absolute atomic E-state index is 12.2. The van der Waals surface area contributed by atoms with E-state index < -0.39 is 0 Å². The molecule has 1 amide bonds. The van der Waals surface area contributed by atoms with E-state index in [4.69, 9.17) is 0 Å². The van der Waals surface area contributed by atoms with Crippen LogP contribution in [0.25, 0.3) is 11.3 Å². The summed E-state index contributed by atoms with van der Waals surface area (Å²) in [7, 11) is 0. The van der Waals surface area contributed by atoms with Crippen molar-refractivity contribution in [3.05, 3.63) is 64.5 Å². The molecule has 0 fully saturated rings. The molecule has 25 heavy (non-hydrogen) atoms. The highest BCUT2D eigenvalue weighted by molar-refractivity contribution is 8.00. The predicted octanol–water partition coefficient (Wildman–Crippen LogP) is 4.95. The minimum Gasteiger partial charge on any atom is -0.301 e. The first kappa shape index (κ1) is 16.4. The van der Waals surface area contributed by atoms with Gasteiger partial charge in [0.1, 0.15) is 0 Å². The molecule has 1 aliphatic rings. The summed E-state index contributed by atoms with van der Waals surface area (Å²) in [6.45, 7) is 2.06. The Labute approximate surface area is 155 Å². The van der Waals surface area contributed by atoms with Gasteiger partial charge in [-0.15, -0.1) is 23.1 Å². The third-order valence-corrected chi connectivity index (χ3v) is 6.27. The van der Waals surface area contributed by atoms with Crippen molar-refractivity contribution in [1.82, 2.24) is 4.98 Å². The van der Waals surface area contributed by atoms with Gasteiger partial charge in [0.25, 0.3) is 0 Å². The van der Waals surface area contributed by atoms with Gasteiger partial charge in [-0.3, -0.25) is 4.79 Å². The Hall–Kier alpha value is -2.11. The standard InChI is InChI=1S/C20H18N2OS2/c1-13-6-9-15(10-7-13)24-12-18(23)21-20-22-19-16-5-3-2-4-14(16)8-11-17(19)25-20/h2-7,9-10H,8,11-12H2,1H3,(H,21,22,23). The maximum atomic E-state index is 12.2. The van der Waals surface area contributed by atoms with E-state index in [1.807, 2.05) is 18.2 Å².